The molecule has 0 atom stereocenters. The summed E-state index contributed by atoms with van der Waals surface area (Å²) in [6.07, 6.45) is 5.20. The molecular weight excluding hydrogens is 317 g/mol. The zero-order valence-electron chi connectivity index (χ0n) is 11.5. The Bertz CT molecular complexity index is 569. The lowest BCUT2D eigenvalue weighted by atomic mass is 9.95. The van der Waals surface area contributed by atoms with Gasteiger partial charge in [-0.15, -0.1) is 0 Å². The second-order valence-electron chi connectivity index (χ2n) is 5.07. The smallest absolute Gasteiger partial charge is 0.207 e. The fraction of sp³-hybridized carbons (Fsp3) is 0.571. The molecule has 3 nitrogen and oxygen atoms in total. The molecule has 0 amide bonds. The molecule has 0 unspecified atom stereocenters. The Hall–Kier alpha value is -0.290. The minimum absolute atomic E-state index is 0.0776. The summed E-state index contributed by atoms with van der Waals surface area (Å²) in [5, 5.41) is 0.608. The minimum Gasteiger partial charge on any atom is -0.207 e. The minimum atomic E-state index is -3.59. The van der Waals surface area contributed by atoms with Crippen LogP contribution in [-0.2, 0) is 10.0 Å². The van der Waals surface area contributed by atoms with E-state index in [9.17, 15) is 8.42 Å². The van der Waals surface area contributed by atoms with Crippen LogP contribution in [0.4, 0.5) is 0 Å². The van der Waals surface area contributed by atoms with Crippen molar-refractivity contribution in [2.24, 2.45) is 0 Å². The van der Waals surface area contributed by atoms with Crippen LogP contribution in [0.3, 0.4) is 0 Å². The molecule has 1 aromatic carbocycles. The van der Waals surface area contributed by atoms with Crippen LogP contribution in [0.1, 0.15) is 39.0 Å². The average Bonchev–Trinajstić information content (AvgIpc) is 2.43. The third-order valence-electron chi connectivity index (χ3n) is 3.77. The average molecular weight is 336 g/mol. The van der Waals surface area contributed by atoms with Gasteiger partial charge in [-0.1, -0.05) is 49.4 Å². The monoisotopic (exact) mass is 335 g/mol. The van der Waals surface area contributed by atoms with Crippen LogP contribution in [0.5, 0.6) is 0 Å². The van der Waals surface area contributed by atoms with Crippen LogP contribution < -0.4 is 0 Å². The quantitative estimate of drug-likeness (QED) is 0.820. The van der Waals surface area contributed by atoms with Crippen LogP contribution in [0.2, 0.25) is 10.0 Å². The molecule has 1 aliphatic carbocycles. The van der Waals surface area contributed by atoms with Crippen molar-refractivity contribution in [2.75, 3.05) is 6.54 Å². The van der Waals surface area contributed by atoms with E-state index in [1.807, 2.05) is 6.92 Å². The summed E-state index contributed by atoms with van der Waals surface area (Å²) in [5.41, 5.74) is 0. The lowest BCUT2D eigenvalue weighted by molar-refractivity contribution is 0.261. The summed E-state index contributed by atoms with van der Waals surface area (Å²) >= 11 is 12.0. The van der Waals surface area contributed by atoms with E-state index in [4.69, 9.17) is 23.2 Å². The third kappa shape index (κ3) is 3.30. The lowest BCUT2D eigenvalue weighted by Gasteiger charge is -2.32. The number of nitrogens with zero attached hydrogens (tertiary/aromatic N) is 1. The van der Waals surface area contributed by atoms with Crippen molar-refractivity contribution in [2.45, 2.75) is 50.0 Å². The molecule has 1 fully saturated rings. The van der Waals surface area contributed by atoms with Crippen molar-refractivity contribution in [3.8, 4) is 0 Å². The first kappa shape index (κ1) is 16.1. The van der Waals surface area contributed by atoms with Gasteiger partial charge < -0.3 is 0 Å². The Morgan fingerprint density at radius 3 is 2.45 bits per heavy atom. The van der Waals surface area contributed by atoms with E-state index in [1.165, 1.54) is 18.6 Å². The van der Waals surface area contributed by atoms with Crippen LogP contribution >= 0.6 is 23.2 Å². The number of benzene rings is 1. The summed E-state index contributed by atoms with van der Waals surface area (Å²) in [5.74, 6) is 0. The molecule has 0 spiro atoms. The van der Waals surface area contributed by atoms with Gasteiger partial charge in [-0.05, 0) is 31.0 Å². The van der Waals surface area contributed by atoms with Gasteiger partial charge in [0.1, 0.15) is 4.90 Å². The van der Waals surface area contributed by atoms with Crippen LogP contribution in [0, 0.1) is 0 Å². The van der Waals surface area contributed by atoms with Crippen molar-refractivity contribution >= 4 is 33.2 Å². The molecular formula is C14H19Cl2NO2S. The first-order valence-electron chi connectivity index (χ1n) is 6.93. The summed E-state index contributed by atoms with van der Waals surface area (Å²) in [4.78, 5) is 0.110. The van der Waals surface area contributed by atoms with Crippen molar-refractivity contribution in [3.63, 3.8) is 0 Å². The molecule has 2 rings (SSSR count). The highest BCUT2D eigenvalue weighted by Crippen LogP contribution is 2.32. The van der Waals surface area contributed by atoms with E-state index in [1.54, 1.807) is 10.4 Å². The molecule has 0 saturated heterocycles. The number of sulfonamides is 1. The maximum atomic E-state index is 12.8. The Morgan fingerprint density at radius 1 is 1.20 bits per heavy atom. The lowest BCUT2D eigenvalue weighted by Crippen LogP contribution is -2.41. The van der Waals surface area contributed by atoms with E-state index >= 15 is 0 Å². The normalized spacial score (nSPS) is 17.6. The molecule has 112 valence electrons. The molecule has 0 heterocycles. The van der Waals surface area contributed by atoms with E-state index in [-0.39, 0.29) is 16.0 Å². The van der Waals surface area contributed by atoms with Gasteiger partial charge in [0.25, 0.3) is 0 Å². The molecule has 0 aromatic heterocycles. The van der Waals surface area contributed by atoms with Crippen molar-refractivity contribution in [1.29, 1.82) is 0 Å². The first-order valence-corrected chi connectivity index (χ1v) is 9.13. The zero-order valence-corrected chi connectivity index (χ0v) is 13.8. The van der Waals surface area contributed by atoms with Crippen LogP contribution in [-0.4, -0.2) is 25.3 Å². The van der Waals surface area contributed by atoms with Crippen molar-refractivity contribution in [3.05, 3.63) is 28.2 Å². The van der Waals surface area contributed by atoms with Gasteiger partial charge in [-0.25, -0.2) is 8.42 Å². The number of hydrogen-bond acceptors (Lipinski definition) is 2. The predicted molar refractivity (Wildman–Crippen MR) is 82.9 cm³/mol. The number of rotatable bonds is 4. The SMILES string of the molecule is CCN(C1CCCCC1)S(=O)(=O)c1cc(Cl)ccc1Cl. The second kappa shape index (κ2) is 6.65. The predicted octanol–water partition coefficient (Wildman–Crippen LogP) is 4.34. The molecule has 1 aliphatic rings. The highest BCUT2D eigenvalue weighted by molar-refractivity contribution is 7.89. The van der Waals surface area contributed by atoms with Crippen molar-refractivity contribution < 1.29 is 8.42 Å². The molecule has 0 N–H and O–H groups in total. The van der Waals surface area contributed by atoms with Gasteiger partial charge in [0.15, 0.2) is 0 Å². The Labute approximate surface area is 130 Å². The van der Waals surface area contributed by atoms with Gasteiger partial charge in [-0.3, -0.25) is 0 Å². The molecule has 0 aliphatic heterocycles. The van der Waals surface area contributed by atoms with Gasteiger partial charge in [-0.2, -0.15) is 4.31 Å². The molecule has 20 heavy (non-hydrogen) atoms. The summed E-state index contributed by atoms with van der Waals surface area (Å²) in [6.45, 7) is 2.32. The fourth-order valence-corrected chi connectivity index (χ4v) is 5.23. The third-order valence-corrected chi connectivity index (χ3v) is 6.52. The van der Waals surface area contributed by atoms with Gasteiger partial charge in [0, 0.05) is 17.6 Å². The molecule has 0 radical (unpaired) electrons. The van der Waals surface area contributed by atoms with Gasteiger partial charge in [0.2, 0.25) is 10.0 Å². The Kier molecular flexibility index (Phi) is 5.35. The van der Waals surface area contributed by atoms with E-state index in [2.05, 4.69) is 0 Å². The molecule has 6 heteroatoms. The highest BCUT2D eigenvalue weighted by Gasteiger charge is 2.32. The standard InChI is InChI=1S/C14H19Cl2NO2S/c1-2-17(12-6-4-3-5-7-12)20(18,19)14-10-11(15)8-9-13(14)16/h8-10,12H,2-7H2,1H3. The summed E-state index contributed by atoms with van der Waals surface area (Å²) in [6, 6.07) is 4.64. The summed E-state index contributed by atoms with van der Waals surface area (Å²) < 4.78 is 27.2. The topological polar surface area (TPSA) is 37.4 Å². The van der Waals surface area contributed by atoms with E-state index in [0.717, 1.165) is 25.7 Å². The van der Waals surface area contributed by atoms with E-state index < -0.39 is 10.0 Å². The molecule has 1 saturated carbocycles. The van der Waals surface area contributed by atoms with Crippen molar-refractivity contribution in [1.82, 2.24) is 4.31 Å². The van der Waals surface area contributed by atoms with Gasteiger partial charge in [0.05, 0.1) is 5.02 Å². The molecule has 0 bridgehead atoms. The van der Waals surface area contributed by atoms with E-state index in [0.29, 0.717) is 11.6 Å². The highest BCUT2D eigenvalue weighted by atomic mass is 35.5. The maximum Gasteiger partial charge on any atom is 0.244 e. The summed E-state index contributed by atoms with van der Waals surface area (Å²) in [7, 11) is -3.59. The van der Waals surface area contributed by atoms with Gasteiger partial charge >= 0.3 is 0 Å². The maximum absolute atomic E-state index is 12.8. The Balaban J connectivity index is 2.38. The number of halogens is 2. The first-order chi connectivity index (χ1) is 9.46. The Morgan fingerprint density at radius 2 is 1.85 bits per heavy atom. The molecule has 1 aromatic rings. The number of hydrogen-bond donors (Lipinski definition) is 0. The fourth-order valence-electron chi connectivity index (χ4n) is 2.79. The van der Waals surface area contributed by atoms with Crippen LogP contribution in [0.15, 0.2) is 23.1 Å². The largest absolute Gasteiger partial charge is 0.244 e. The van der Waals surface area contributed by atoms with Crippen LogP contribution in [0.25, 0.3) is 0 Å². The zero-order chi connectivity index (χ0) is 14.8. The second-order valence-corrected chi connectivity index (χ2v) is 7.78.